The molecule has 0 heterocycles. The number of carbonyl (C=O) groups is 3. The number of carbonyl (C=O) groups excluding carboxylic acids is 3. The number of nitrogens with one attached hydrogen (secondary N) is 3. The second kappa shape index (κ2) is 15.7. The quantitative estimate of drug-likeness (QED) is 0.115. The van der Waals surface area contributed by atoms with Gasteiger partial charge < -0.3 is 30.2 Å². The minimum atomic E-state index is -0.553. The third-order valence-corrected chi connectivity index (χ3v) is 7.96. The van der Waals surface area contributed by atoms with Gasteiger partial charge in [-0.3, -0.25) is 14.4 Å². The Morgan fingerprint density at radius 2 is 1.33 bits per heavy atom. The molecule has 0 radical (unpaired) electrons. The number of anilines is 2. The Balaban J connectivity index is 1.52. The largest absolute Gasteiger partial charge is 0.496 e. The van der Waals surface area contributed by atoms with E-state index in [0.717, 1.165) is 21.7 Å². The molecule has 0 saturated carbocycles. The minimum absolute atomic E-state index is 0.0190. The van der Waals surface area contributed by atoms with Crippen LogP contribution in [0.4, 0.5) is 11.4 Å². The molecule has 4 aromatic carbocycles. The number of hydrogen-bond donors (Lipinski definition) is 3. The molecule has 9 nitrogen and oxygen atoms in total. The molecule has 0 aliphatic rings. The number of ether oxygens (including phenoxy) is 3. The zero-order valence-electron chi connectivity index (χ0n) is 26.6. The number of hydrogen-bond acceptors (Lipinski definition) is 7. The van der Waals surface area contributed by atoms with Crippen LogP contribution in [0, 0.1) is 13.8 Å². The number of methoxy groups -OCH3 is 3. The zero-order chi connectivity index (χ0) is 33.2. The lowest BCUT2D eigenvalue weighted by Gasteiger charge is -2.15. The highest BCUT2D eigenvalue weighted by Gasteiger charge is 2.19. The molecule has 1 unspecified atom stereocenters. The molecule has 0 spiro atoms. The lowest BCUT2D eigenvalue weighted by Crippen LogP contribution is -2.30. The molecular formula is C36H37N3O6S. The van der Waals surface area contributed by atoms with Crippen LogP contribution in [0.3, 0.4) is 0 Å². The van der Waals surface area contributed by atoms with Crippen LogP contribution >= 0.6 is 11.8 Å². The van der Waals surface area contributed by atoms with Gasteiger partial charge in [0.1, 0.15) is 11.4 Å². The molecule has 4 aromatic rings. The summed E-state index contributed by atoms with van der Waals surface area (Å²) in [7, 11) is 4.51. The maximum atomic E-state index is 13.6. The highest BCUT2D eigenvalue weighted by Crippen LogP contribution is 2.36. The molecule has 0 bridgehead atoms. The molecular weight excluding hydrogens is 602 g/mol. The van der Waals surface area contributed by atoms with Crippen molar-refractivity contribution in [2.24, 2.45) is 0 Å². The first kappa shape index (κ1) is 33.7. The van der Waals surface area contributed by atoms with Gasteiger partial charge in [0.2, 0.25) is 5.91 Å². The van der Waals surface area contributed by atoms with Crippen molar-refractivity contribution in [3.05, 3.63) is 113 Å². The van der Waals surface area contributed by atoms with Crippen LogP contribution in [0.25, 0.3) is 6.08 Å². The fourth-order valence-corrected chi connectivity index (χ4v) is 5.49. The Bertz CT molecular complexity index is 1720. The molecule has 0 saturated heterocycles. The standard InChI is InChI=1S/C36H37N3O6S/c1-22-16-23(2)18-28(17-22)38-34(40)24(3)46-29-14-12-27(13-15-29)37-36(42)30(39-35(41)25-10-8-7-9-11-25)19-26-20-32(44-5)33(45-6)21-31(26)43-4/h7-21,24H,1-6H3,(H,37,42)(H,38,40)(H,39,41)/b30-19-. The first-order chi connectivity index (χ1) is 22.1. The van der Waals surface area contributed by atoms with Gasteiger partial charge in [0.15, 0.2) is 11.5 Å². The van der Waals surface area contributed by atoms with Crippen molar-refractivity contribution < 1.29 is 28.6 Å². The third-order valence-electron chi connectivity index (χ3n) is 6.85. The van der Waals surface area contributed by atoms with E-state index in [2.05, 4.69) is 22.0 Å². The van der Waals surface area contributed by atoms with Crippen LogP contribution in [0.1, 0.15) is 34.0 Å². The van der Waals surface area contributed by atoms with Gasteiger partial charge >= 0.3 is 0 Å². The summed E-state index contributed by atoms with van der Waals surface area (Å²) >= 11 is 1.40. The van der Waals surface area contributed by atoms with Gasteiger partial charge in [-0.2, -0.15) is 0 Å². The van der Waals surface area contributed by atoms with E-state index in [9.17, 15) is 14.4 Å². The van der Waals surface area contributed by atoms with Crippen molar-refractivity contribution in [1.29, 1.82) is 0 Å². The first-order valence-corrected chi connectivity index (χ1v) is 15.3. The second-order valence-electron chi connectivity index (χ2n) is 10.4. The van der Waals surface area contributed by atoms with E-state index in [-0.39, 0.29) is 16.9 Å². The molecule has 46 heavy (non-hydrogen) atoms. The van der Waals surface area contributed by atoms with E-state index in [0.29, 0.717) is 34.1 Å². The van der Waals surface area contributed by atoms with Crippen molar-refractivity contribution in [2.75, 3.05) is 32.0 Å². The number of rotatable bonds is 12. The molecule has 3 N–H and O–H groups in total. The number of benzene rings is 4. The average molecular weight is 640 g/mol. The zero-order valence-corrected chi connectivity index (χ0v) is 27.4. The number of aryl methyl sites for hydroxylation is 2. The molecule has 0 aliphatic heterocycles. The van der Waals surface area contributed by atoms with Gasteiger partial charge in [0, 0.05) is 33.5 Å². The predicted octanol–water partition coefficient (Wildman–Crippen LogP) is 6.86. The van der Waals surface area contributed by atoms with E-state index < -0.39 is 11.8 Å². The molecule has 1 atom stereocenters. The van der Waals surface area contributed by atoms with Gasteiger partial charge in [0.05, 0.1) is 26.6 Å². The fraction of sp³-hybridized carbons (Fsp3) is 0.194. The smallest absolute Gasteiger partial charge is 0.272 e. The first-order valence-electron chi connectivity index (χ1n) is 14.5. The Kier molecular flexibility index (Phi) is 11.5. The second-order valence-corrected chi connectivity index (χ2v) is 11.8. The van der Waals surface area contributed by atoms with E-state index in [1.807, 2.05) is 45.0 Å². The Morgan fingerprint density at radius 1 is 0.717 bits per heavy atom. The lowest BCUT2D eigenvalue weighted by molar-refractivity contribution is -0.115. The Hall–Kier alpha value is -5.22. The van der Waals surface area contributed by atoms with Crippen molar-refractivity contribution in [3.8, 4) is 17.2 Å². The molecule has 3 amide bonds. The summed E-state index contributed by atoms with van der Waals surface area (Å²) in [6.07, 6.45) is 1.51. The van der Waals surface area contributed by atoms with Gasteiger partial charge in [-0.1, -0.05) is 24.3 Å². The van der Waals surface area contributed by atoms with Crippen LogP contribution in [-0.2, 0) is 9.59 Å². The maximum absolute atomic E-state index is 13.6. The SMILES string of the molecule is COc1cc(OC)c(OC)cc1/C=C(\NC(=O)c1ccccc1)C(=O)Nc1ccc(SC(C)C(=O)Nc2cc(C)cc(C)c2)cc1. The van der Waals surface area contributed by atoms with E-state index in [1.54, 1.807) is 54.6 Å². The summed E-state index contributed by atoms with van der Waals surface area (Å²) in [5.74, 6) is 0.166. The summed E-state index contributed by atoms with van der Waals surface area (Å²) in [6.45, 7) is 5.82. The average Bonchev–Trinajstić information content (AvgIpc) is 3.04. The summed E-state index contributed by atoms with van der Waals surface area (Å²) < 4.78 is 16.3. The topological polar surface area (TPSA) is 115 Å². The van der Waals surface area contributed by atoms with Crippen molar-refractivity contribution >= 4 is 46.9 Å². The summed E-state index contributed by atoms with van der Waals surface area (Å²) in [5, 5.41) is 8.20. The molecule has 4 rings (SSSR count). The summed E-state index contributed by atoms with van der Waals surface area (Å²) in [6, 6.07) is 24.9. The monoisotopic (exact) mass is 639 g/mol. The van der Waals surface area contributed by atoms with Crippen molar-refractivity contribution in [2.45, 2.75) is 30.9 Å². The predicted molar refractivity (Wildman–Crippen MR) is 183 cm³/mol. The molecule has 10 heteroatoms. The molecule has 0 aromatic heterocycles. The third kappa shape index (κ3) is 8.92. The highest BCUT2D eigenvalue weighted by atomic mass is 32.2. The number of thioether (sulfide) groups is 1. The van der Waals surface area contributed by atoms with Crippen LogP contribution in [0.2, 0.25) is 0 Å². The summed E-state index contributed by atoms with van der Waals surface area (Å²) in [5.41, 5.74) is 4.27. The van der Waals surface area contributed by atoms with Crippen LogP contribution < -0.4 is 30.2 Å². The summed E-state index contributed by atoms with van der Waals surface area (Å²) in [4.78, 5) is 40.4. The fourth-order valence-electron chi connectivity index (χ4n) is 4.63. The Morgan fingerprint density at radius 3 is 1.93 bits per heavy atom. The van der Waals surface area contributed by atoms with Gasteiger partial charge in [-0.25, -0.2) is 0 Å². The van der Waals surface area contributed by atoms with Gasteiger partial charge in [-0.05, 0) is 92.6 Å². The number of amides is 3. The van der Waals surface area contributed by atoms with Gasteiger partial charge in [-0.15, -0.1) is 11.8 Å². The Labute approximate surface area is 273 Å². The van der Waals surface area contributed by atoms with Crippen LogP contribution in [0.5, 0.6) is 17.2 Å². The van der Waals surface area contributed by atoms with E-state index in [1.165, 1.54) is 39.2 Å². The highest BCUT2D eigenvalue weighted by molar-refractivity contribution is 8.00. The van der Waals surface area contributed by atoms with Gasteiger partial charge in [0.25, 0.3) is 11.8 Å². The normalized spacial score (nSPS) is 11.7. The van der Waals surface area contributed by atoms with E-state index in [4.69, 9.17) is 14.2 Å². The molecule has 0 fully saturated rings. The molecule has 0 aliphatic carbocycles. The van der Waals surface area contributed by atoms with Crippen LogP contribution in [-0.4, -0.2) is 44.3 Å². The van der Waals surface area contributed by atoms with Crippen molar-refractivity contribution in [1.82, 2.24) is 5.32 Å². The maximum Gasteiger partial charge on any atom is 0.272 e. The van der Waals surface area contributed by atoms with Crippen LogP contribution in [0.15, 0.2) is 95.5 Å². The lowest BCUT2D eigenvalue weighted by atomic mass is 10.1. The molecule has 238 valence electrons. The van der Waals surface area contributed by atoms with E-state index >= 15 is 0 Å². The van der Waals surface area contributed by atoms with Crippen molar-refractivity contribution in [3.63, 3.8) is 0 Å². The minimum Gasteiger partial charge on any atom is -0.496 e.